The number of halogens is 1. The maximum Gasteiger partial charge on any atom is 0.131 e. The van der Waals surface area contributed by atoms with Crippen molar-refractivity contribution in [3.8, 4) is 5.69 Å². The topological polar surface area (TPSA) is 43.8 Å². The van der Waals surface area contributed by atoms with Gasteiger partial charge >= 0.3 is 0 Å². The van der Waals surface area contributed by atoms with Crippen molar-refractivity contribution in [1.82, 2.24) is 9.78 Å². The second-order valence-electron chi connectivity index (χ2n) is 5.83. The first kappa shape index (κ1) is 12.5. The Kier molecular flexibility index (Phi) is 2.82. The molecule has 1 aromatic heterocycles. The van der Waals surface area contributed by atoms with Crippen molar-refractivity contribution in [3.63, 3.8) is 0 Å². The van der Waals surface area contributed by atoms with Crippen LogP contribution >= 0.6 is 11.6 Å². The Hall–Kier alpha value is -1.48. The summed E-state index contributed by atoms with van der Waals surface area (Å²) in [6.45, 7) is 4.49. The molecule has 0 spiro atoms. The van der Waals surface area contributed by atoms with Gasteiger partial charge in [-0.1, -0.05) is 25.4 Å². The molecule has 1 aliphatic carbocycles. The van der Waals surface area contributed by atoms with Gasteiger partial charge in [0.15, 0.2) is 0 Å². The van der Waals surface area contributed by atoms with Crippen LogP contribution in [0.15, 0.2) is 24.3 Å². The van der Waals surface area contributed by atoms with Crippen LogP contribution in [0.4, 0.5) is 5.82 Å². The highest BCUT2D eigenvalue weighted by Gasteiger charge is 2.33. The summed E-state index contributed by atoms with van der Waals surface area (Å²) < 4.78 is 1.84. The summed E-state index contributed by atoms with van der Waals surface area (Å²) in [7, 11) is 0. The van der Waals surface area contributed by atoms with Gasteiger partial charge in [0.2, 0.25) is 0 Å². The number of aromatic nitrogens is 2. The van der Waals surface area contributed by atoms with Gasteiger partial charge in [0.05, 0.1) is 11.4 Å². The molecule has 0 bridgehead atoms. The maximum absolute atomic E-state index is 6.34. The number of benzene rings is 1. The number of anilines is 1. The van der Waals surface area contributed by atoms with Crippen LogP contribution in [0.25, 0.3) is 5.69 Å². The molecule has 0 aliphatic heterocycles. The lowest BCUT2D eigenvalue weighted by Crippen LogP contribution is -2.24. The number of nitrogens with zero attached hydrogens (tertiary/aromatic N) is 2. The summed E-state index contributed by atoms with van der Waals surface area (Å²) >= 11 is 5.92. The van der Waals surface area contributed by atoms with Gasteiger partial charge in [0, 0.05) is 10.6 Å². The van der Waals surface area contributed by atoms with Crippen molar-refractivity contribution >= 4 is 17.4 Å². The number of aryl methyl sites for hydroxylation is 1. The van der Waals surface area contributed by atoms with E-state index < -0.39 is 0 Å². The van der Waals surface area contributed by atoms with Crippen molar-refractivity contribution in [2.75, 3.05) is 5.73 Å². The predicted octanol–water partition coefficient (Wildman–Crippen LogP) is 3.72. The molecule has 1 aliphatic rings. The van der Waals surface area contributed by atoms with Gasteiger partial charge in [-0.15, -0.1) is 0 Å². The van der Waals surface area contributed by atoms with Gasteiger partial charge in [0.1, 0.15) is 5.82 Å². The Bertz CT molecular complexity index is 611. The zero-order chi connectivity index (χ0) is 13.6. The van der Waals surface area contributed by atoms with E-state index in [2.05, 4.69) is 13.8 Å². The molecule has 0 radical (unpaired) electrons. The number of nitrogens with two attached hydrogens (primary N) is 1. The molecule has 1 heterocycles. The lowest BCUT2D eigenvalue weighted by molar-refractivity contribution is 0.432. The highest BCUT2D eigenvalue weighted by Crippen LogP contribution is 2.40. The minimum Gasteiger partial charge on any atom is -0.383 e. The van der Waals surface area contributed by atoms with Crippen molar-refractivity contribution < 1.29 is 0 Å². The average Bonchev–Trinajstić information content (AvgIpc) is 2.69. The largest absolute Gasteiger partial charge is 0.383 e. The molecular formula is C15H18ClN3. The summed E-state index contributed by atoms with van der Waals surface area (Å²) in [5.74, 6) is 0.766. The van der Waals surface area contributed by atoms with Crippen LogP contribution < -0.4 is 5.73 Å². The van der Waals surface area contributed by atoms with E-state index >= 15 is 0 Å². The van der Waals surface area contributed by atoms with Crippen LogP contribution in [0.1, 0.15) is 37.9 Å². The van der Waals surface area contributed by atoms with Crippen LogP contribution in [-0.2, 0) is 11.8 Å². The predicted molar refractivity (Wildman–Crippen MR) is 79.0 cm³/mol. The van der Waals surface area contributed by atoms with Crippen molar-refractivity contribution in [3.05, 3.63) is 40.5 Å². The second-order valence-corrected chi connectivity index (χ2v) is 6.27. The molecule has 3 nitrogen and oxygen atoms in total. The summed E-state index contributed by atoms with van der Waals surface area (Å²) in [5, 5.41) is 5.42. The van der Waals surface area contributed by atoms with Crippen LogP contribution in [-0.4, -0.2) is 9.78 Å². The fourth-order valence-electron chi connectivity index (χ4n) is 2.99. The molecule has 4 heteroatoms. The van der Waals surface area contributed by atoms with E-state index in [1.807, 2.05) is 28.9 Å². The maximum atomic E-state index is 6.34. The van der Waals surface area contributed by atoms with Crippen LogP contribution in [0.5, 0.6) is 0 Å². The number of rotatable bonds is 1. The fourth-order valence-corrected chi connectivity index (χ4v) is 3.12. The highest BCUT2D eigenvalue weighted by atomic mass is 35.5. The van der Waals surface area contributed by atoms with E-state index in [4.69, 9.17) is 22.4 Å². The molecule has 0 unspecified atom stereocenters. The van der Waals surface area contributed by atoms with Crippen LogP contribution in [0.3, 0.4) is 0 Å². The first-order valence-electron chi connectivity index (χ1n) is 6.63. The SMILES string of the molecule is CC1(C)CCCc2nn(-c3ccc(Cl)cc3)c(N)c21. The molecule has 0 fully saturated rings. The summed E-state index contributed by atoms with van der Waals surface area (Å²) in [6, 6.07) is 7.62. The van der Waals surface area contributed by atoms with Crippen LogP contribution in [0, 0.1) is 0 Å². The van der Waals surface area contributed by atoms with Gasteiger partial charge in [-0.3, -0.25) is 0 Å². The standard InChI is InChI=1S/C15H18ClN3/c1-15(2)9-3-4-12-13(15)14(17)19(18-12)11-7-5-10(16)6-8-11/h5-8H,3-4,9,17H2,1-2H3. The molecule has 0 saturated heterocycles. The van der Waals surface area contributed by atoms with Crippen molar-refractivity contribution in [2.45, 2.75) is 38.5 Å². The lowest BCUT2D eigenvalue weighted by Gasteiger charge is -2.29. The molecule has 0 atom stereocenters. The molecule has 2 aromatic rings. The Labute approximate surface area is 118 Å². The molecule has 0 saturated carbocycles. The monoisotopic (exact) mass is 275 g/mol. The highest BCUT2D eigenvalue weighted by molar-refractivity contribution is 6.30. The van der Waals surface area contributed by atoms with Gasteiger partial charge in [-0.2, -0.15) is 5.10 Å². The molecule has 0 amide bonds. The minimum atomic E-state index is 0.113. The second kappa shape index (κ2) is 4.27. The van der Waals surface area contributed by atoms with E-state index in [1.54, 1.807) is 0 Å². The lowest BCUT2D eigenvalue weighted by atomic mass is 9.75. The van der Waals surface area contributed by atoms with Crippen molar-refractivity contribution in [1.29, 1.82) is 0 Å². The number of fused-ring (bicyclic) bond motifs is 1. The van der Waals surface area contributed by atoms with E-state index in [1.165, 1.54) is 12.0 Å². The fraction of sp³-hybridized carbons (Fsp3) is 0.400. The van der Waals surface area contributed by atoms with Gasteiger partial charge in [0.25, 0.3) is 0 Å². The Morgan fingerprint density at radius 2 is 1.95 bits per heavy atom. The van der Waals surface area contributed by atoms with Gasteiger partial charge in [-0.25, -0.2) is 4.68 Å². The van der Waals surface area contributed by atoms with Gasteiger partial charge in [-0.05, 0) is 48.9 Å². The summed E-state index contributed by atoms with van der Waals surface area (Å²) in [6.07, 6.45) is 3.36. The average molecular weight is 276 g/mol. The Morgan fingerprint density at radius 3 is 2.58 bits per heavy atom. The van der Waals surface area contributed by atoms with Gasteiger partial charge < -0.3 is 5.73 Å². The molecular weight excluding hydrogens is 258 g/mol. The normalized spacial score (nSPS) is 17.2. The summed E-state index contributed by atoms with van der Waals surface area (Å²) in [5.41, 5.74) is 9.77. The smallest absolute Gasteiger partial charge is 0.131 e. The van der Waals surface area contributed by atoms with E-state index in [0.717, 1.165) is 35.1 Å². The van der Waals surface area contributed by atoms with Crippen LogP contribution in [0.2, 0.25) is 5.02 Å². The number of hydrogen-bond acceptors (Lipinski definition) is 2. The first-order chi connectivity index (χ1) is 8.99. The number of nitrogen functional groups attached to an aromatic ring is 1. The minimum absolute atomic E-state index is 0.113. The summed E-state index contributed by atoms with van der Waals surface area (Å²) in [4.78, 5) is 0. The van der Waals surface area contributed by atoms with E-state index in [0.29, 0.717) is 0 Å². The molecule has 19 heavy (non-hydrogen) atoms. The van der Waals surface area contributed by atoms with Crippen molar-refractivity contribution in [2.24, 2.45) is 0 Å². The van der Waals surface area contributed by atoms with E-state index in [9.17, 15) is 0 Å². The zero-order valence-electron chi connectivity index (χ0n) is 11.3. The molecule has 3 rings (SSSR count). The quantitative estimate of drug-likeness (QED) is 0.862. The number of hydrogen-bond donors (Lipinski definition) is 1. The molecule has 1 aromatic carbocycles. The molecule has 100 valence electrons. The first-order valence-corrected chi connectivity index (χ1v) is 7.00. The third kappa shape index (κ3) is 2.02. The molecule has 2 N–H and O–H groups in total. The Morgan fingerprint density at radius 1 is 1.26 bits per heavy atom. The Balaban J connectivity index is 2.15. The zero-order valence-corrected chi connectivity index (χ0v) is 12.0. The van der Waals surface area contributed by atoms with E-state index in [-0.39, 0.29) is 5.41 Å². The third-order valence-electron chi connectivity index (χ3n) is 3.96. The third-order valence-corrected chi connectivity index (χ3v) is 4.21.